The minimum atomic E-state index is -0.204. The fraction of sp³-hybridized carbons (Fsp3) is 0.0588. The highest BCUT2D eigenvalue weighted by Crippen LogP contribution is 2.30. The molecule has 3 aromatic rings. The van der Waals surface area contributed by atoms with Gasteiger partial charge in [-0.3, -0.25) is 9.59 Å². The topological polar surface area (TPSA) is 99.2 Å². The molecule has 1 aliphatic heterocycles. The molecule has 3 heterocycles. The van der Waals surface area contributed by atoms with Crippen LogP contribution >= 0.6 is 23.1 Å². The summed E-state index contributed by atoms with van der Waals surface area (Å²) in [7, 11) is 0. The summed E-state index contributed by atoms with van der Waals surface area (Å²) >= 11 is 2.57. The highest BCUT2D eigenvalue weighted by Gasteiger charge is 2.24. The van der Waals surface area contributed by atoms with E-state index in [1.807, 2.05) is 30.5 Å². The largest absolute Gasteiger partial charge is 0.361 e. The number of aromatic nitrogens is 2. The summed E-state index contributed by atoms with van der Waals surface area (Å²) in [5.74, 6) is -0.385. The molecule has 1 aromatic carbocycles. The highest BCUT2D eigenvalue weighted by atomic mass is 32.2. The molecule has 0 radical (unpaired) electrons. The van der Waals surface area contributed by atoms with Crippen molar-refractivity contribution in [2.75, 3.05) is 5.32 Å². The molecule has 0 spiro atoms. The standard InChI is InChI=1S/C17H13N5O2S2/c1-9(23)20-16-19-8-12(25-16)7-14-15(24)22-17(26-14)21-11-3-2-10-4-5-18-13(10)6-11/h2-8,18H,1H3,(H,19,20,23)(H,21,22,24). The fourth-order valence-electron chi connectivity index (χ4n) is 2.39. The van der Waals surface area contributed by atoms with Crippen molar-refractivity contribution in [1.29, 1.82) is 0 Å². The minimum absolute atomic E-state index is 0.181. The van der Waals surface area contributed by atoms with Gasteiger partial charge in [0.1, 0.15) is 0 Å². The molecule has 0 aliphatic carbocycles. The Morgan fingerprint density at radius 2 is 2.23 bits per heavy atom. The van der Waals surface area contributed by atoms with Crippen LogP contribution < -0.4 is 10.6 Å². The van der Waals surface area contributed by atoms with Crippen LogP contribution in [-0.4, -0.2) is 26.9 Å². The molecule has 1 fully saturated rings. The number of nitrogens with one attached hydrogen (secondary N) is 3. The number of anilines is 1. The number of hydrogen-bond acceptors (Lipinski definition) is 6. The van der Waals surface area contributed by atoms with Crippen molar-refractivity contribution in [3.63, 3.8) is 0 Å². The quantitative estimate of drug-likeness (QED) is 0.603. The molecule has 9 heteroatoms. The van der Waals surface area contributed by atoms with Gasteiger partial charge in [-0.05, 0) is 41.4 Å². The average molecular weight is 383 g/mol. The Labute approximate surface area is 156 Å². The van der Waals surface area contributed by atoms with Crippen molar-refractivity contribution in [1.82, 2.24) is 15.3 Å². The fourth-order valence-corrected chi connectivity index (χ4v) is 4.11. The van der Waals surface area contributed by atoms with Crippen LogP contribution in [0.5, 0.6) is 0 Å². The predicted octanol–water partition coefficient (Wildman–Crippen LogP) is 3.47. The zero-order valence-corrected chi connectivity index (χ0v) is 15.2. The maximum atomic E-state index is 12.2. The summed E-state index contributed by atoms with van der Waals surface area (Å²) in [4.78, 5) is 36.3. The summed E-state index contributed by atoms with van der Waals surface area (Å²) < 4.78 is 0. The number of thioether (sulfide) groups is 1. The molecule has 130 valence electrons. The lowest BCUT2D eigenvalue weighted by molar-refractivity contribution is -0.115. The Hall–Kier alpha value is -2.91. The van der Waals surface area contributed by atoms with E-state index in [9.17, 15) is 9.59 Å². The lowest BCUT2D eigenvalue weighted by Crippen LogP contribution is -2.19. The minimum Gasteiger partial charge on any atom is -0.361 e. The van der Waals surface area contributed by atoms with Crippen LogP contribution in [-0.2, 0) is 9.59 Å². The van der Waals surface area contributed by atoms with Gasteiger partial charge in [0.05, 0.1) is 15.5 Å². The van der Waals surface area contributed by atoms with E-state index in [0.717, 1.165) is 21.5 Å². The van der Waals surface area contributed by atoms with Crippen molar-refractivity contribution in [2.24, 2.45) is 4.99 Å². The molecule has 7 nitrogen and oxygen atoms in total. The van der Waals surface area contributed by atoms with Crippen LogP contribution in [0.25, 0.3) is 17.0 Å². The summed E-state index contributed by atoms with van der Waals surface area (Å²) in [5, 5.41) is 7.52. The first-order valence-electron chi connectivity index (χ1n) is 7.67. The number of thiazole rings is 1. The van der Waals surface area contributed by atoms with Gasteiger partial charge in [0, 0.05) is 24.8 Å². The molecule has 2 amide bonds. The maximum absolute atomic E-state index is 12.2. The van der Waals surface area contributed by atoms with Gasteiger partial charge in [-0.25, -0.2) is 9.98 Å². The van der Waals surface area contributed by atoms with Gasteiger partial charge < -0.3 is 15.6 Å². The zero-order chi connectivity index (χ0) is 18.1. The highest BCUT2D eigenvalue weighted by molar-refractivity contribution is 8.18. The Balaban J connectivity index is 1.54. The summed E-state index contributed by atoms with van der Waals surface area (Å²) in [6.45, 7) is 1.42. The van der Waals surface area contributed by atoms with Crippen molar-refractivity contribution >= 4 is 67.9 Å². The van der Waals surface area contributed by atoms with Crippen LogP contribution in [0.1, 0.15) is 11.8 Å². The van der Waals surface area contributed by atoms with E-state index >= 15 is 0 Å². The second kappa shape index (κ2) is 6.77. The number of rotatable bonds is 3. The molecule has 2 aromatic heterocycles. The first kappa shape index (κ1) is 16.6. The van der Waals surface area contributed by atoms with E-state index in [1.165, 1.54) is 30.0 Å². The van der Waals surface area contributed by atoms with E-state index < -0.39 is 0 Å². The Kier molecular flexibility index (Phi) is 4.31. The maximum Gasteiger partial charge on any atom is 0.264 e. The molecule has 0 unspecified atom stereocenters. The third-order valence-electron chi connectivity index (χ3n) is 3.50. The number of amidine groups is 1. The molecule has 1 aliphatic rings. The van der Waals surface area contributed by atoms with Gasteiger partial charge in [0.2, 0.25) is 5.91 Å². The smallest absolute Gasteiger partial charge is 0.264 e. The number of H-pyrrole nitrogens is 1. The molecular weight excluding hydrogens is 370 g/mol. The summed E-state index contributed by atoms with van der Waals surface area (Å²) in [6.07, 6.45) is 5.23. The van der Waals surface area contributed by atoms with Crippen molar-refractivity contribution < 1.29 is 9.59 Å². The number of fused-ring (bicyclic) bond motifs is 1. The van der Waals surface area contributed by atoms with Crippen molar-refractivity contribution in [3.8, 4) is 0 Å². The zero-order valence-electron chi connectivity index (χ0n) is 13.6. The number of aromatic amines is 1. The molecule has 4 rings (SSSR count). The van der Waals surface area contributed by atoms with Crippen LogP contribution in [0.4, 0.5) is 10.8 Å². The Morgan fingerprint density at radius 3 is 3.08 bits per heavy atom. The van der Waals surface area contributed by atoms with Gasteiger partial charge in [-0.1, -0.05) is 17.4 Å². The SMILES string of the molecule is CC(=O)Nc1ncc(C=C2SC(=Nc3ccc4cc[nH]c4c3)NC2=O)s1. The summed E-state index contributed by atoms with van der Waals surface area (Å²) in [5.41, 5.74) is 1.75. The number of nitrogens with zero attached hydrogens (tertiary/aromatic N) is 2. The van der Waals surface area contributed by atoms with Gasteiger partial charge >= 0.3 is 0 Å². The first-order chi connectivity index (χ1) is 12.6. The second-order valence-corrected chi connectivity index (χ2v) is 7.57. The number of aliphatic imine (C=N–C) groups is 1. The van der Waals surface area contributed by atoms with E-state index in [4.69, 9.17) is 0 Å². The van der Waals surface area contributed by atoms with Gasteiger partial charge in [-0.2, -0.15) is 0 Å². The van der Waals surface area contributed by atoms with E-state index in [0.29, 0.717) is 15.2 Å². The Bertz CT molecular complexity index is 1080. The molecule has 0 bridgehead atoms. The predicted molar refractivity (Wildman–Crippen MR) is 106 cm³/mol. The van der Waals surface area contributed by atoms with Gasteiger partial charge in [0.25, 0.3) is 5.91 Å². The molecule has 0 atom stereocenters. The van der Waals surface area contributed by atoms with E-state index in [1.54, 1.807) is 12.3 Å². The second-order valence-electron chi connectivity index (χ2n) is 5.48. The first-order valence-corrected chi connectivity index (χ1v) is 9.30. The third kappa shape index (κ3) is 3.53. The van der Waals surface area contributed by atoms with E-state index in [-0.39, 0.29) is 11.8 Å². The normalized spacial score (nSPS) is 17.2. The lowest BCUT2D eigenvalue weighted by atomic mass is 10.2. The average Bonchev–Trinajstić information content (AvgIpc) is 3.29. The molecule has 3 N–H and O–H groups in total. The monoisotopic (exact) mass is 383 g/mol. The number of hydrogen-bond donors (Lipinski definition) is 3. The van der Waals surface area contributed by atoms with Crippen LogP contribution in [0.15, 0.2) is 46.6 Å². The Morgan fingerprint density at radius 1 is 1.35 bits per heavy atom. The summed E-state index contributed by atoms with van der Waals surface area (Å²) in [6, 6.07) is 7.80. The lowest BCUT2D eigenvalue weighted by Gasteiger charge is -1.97. The van der Waals surface area contributed by atoms with Crippen molar-refractivity contribution in [2.45, 2.75) is 6.92 Å². The van der Waals surface area contributed by atoms with E-state index in [2.05, 4.69) is 25.6 Å². The van der Waals surface area contributed by atoms with Crippen LogP contribution in [0.2, 0.25) is 0 Å². The van der Waals surface area contributed by atoms with Crippen LogP contribution in [0, 0.1) is 0 Å². The molecular formula is C17H13N5O2S2. The van der Waals surface area contributed by atoms with Gasteiger partial charge in [0.15, 0.2) is 10.3 Å². The third-order valence-corrected chi connectivity index (χ3v) is 5.27. The number of benzene rings is 1. The van der Waals surface area contributed by atoms with Crippen molar-refractivity contribution in [3.05, 3.63) is 46.4 Å². The van der Waals surface area contributed by atoms with Crippen LogP contribution in [0.3, 0.4) is 0 Å². The number of amides is 2. The molecule has 1 saturated heterocycles. The number of carbonyl (C=O) groups excluding carboxylic acids is 2. The molecule has 26 heavy (non-hydrogen) atoms. The molecule has 0 saturated carbocycles. The van der Waals surface area contributed by atoms with Gasteiger partial charge in [-0.15, -0.1) is 0 Å². The number of carbonyl (C=O) groups is 2.